The molecule has 0 aromatic rings. The second kappa shape index (κ2) is 3.51. The first kappa shape index (κ1) is 10.9. The van der Waals surface area contributed by atoms with Crippen molar-refractivity contribution in [1.82, 2.24) is 4.31 Å². The second-order valence-electron chi connectivity index (χ2n) is 2.98. The lowest BCUT2D eigenvalue weighted by Gasteiger charge is -2.31. The predicted molar refractivity (Wildman–Crippen MR) is 41.8 cm³/mol. The Bertz CT molecular complexity index is 200. The Morgan fingerprint density at radius 3 is 1.36 bits per heavy atom. The highest BCUT2D eigenvalue weighted by Gasteiger charge is 2.18. The molecule has 0 aliphatic carbocycles. The van der Waals surface area contributed by atoms with E-state index in [0.717, 1.165) is 4.31 Å². The summed E-state index contributed by atoms with van der Waals surface area (Å²) in [5.41, 5.74) is 0. The van der Waals surface area contributed by atoms with Crippen molar-refractivity contribution in [2.24, 2.45) is 0 Å². The van der Waals surface area contributed by atoms with E-state index in [4.69, 9.17) is 0 Å². The van der Waals surface area contributed by atoms with Crippen LogP contribution in [0, 0.1) is 0 Å². The van der Waals surface area contributed by atoms with Crippen LogP contribution in [-0.2, 0) is 10.3 Å². The second-order valence-corrected chi connectivity index (χ2v) is 4.25. The van der Waals surface area contributed by atoms with Gasteiger partial charge in [0.15, 0.2) is 10.3 Å². The van der Waals surface area contributed by atoms with Gasteiger partial charge in [0.2, 0.25) is 0 Å². The van der Waals surface area contributed by atoms with Crippen molar-refractivity contribution < 1.29 is 13.0 Å². The average molecular weight is 180 g/mol. The third-order valence-electron chi connectivity index (χ3n) is 1.28. The molecule has 0 bridgehead atoms. The van der Waals surface area contributed by atoms with Crippen LogP contribution in [0.4, 0.5) is 0 Å². The maximum absolute atomic E-state index is 10.6. The zero-order valence-electron chi connectivity index (χ0n) is 7.23. The van der Waals surface area contributed by atoms with Crippen LogP contribution < -0.4 is 0 Å². The first-order valence-electron chi connectivity index (χ1n) is 3.51. The van der Waals surface area contributed by atoms with Gasteiger partial charge in [-0.25, -0.2) is 12.7 Å². The molecule has 0 aromatic carbocycles. The summed E-state index contributed by atoms with van der Waals surface area (Å²) in [4.78, 5) is 0. The van der Waals surface area contributed by atoms with Gasteiger partial charge in [0, 0.05) is 12.1 Å². The van der Waals surface area contributed by atoms with E-state index in [1.807, 2.05) is 0 Å². The van der Waals surface area contributed by atoms with Gasteiger partial charge in [-0.2, -0.15) is 0 Å². The quantitative estimate of drug-likeness (QED) is 0.596. The largest absolute Gasteiger partial charge is 0.735 e. The van der Waals surface area contributed by atoms with Gasteiger partial charge < -0.3 is 4.55 Å². The fourth-order valence-corrected chi connectivity index (χ4v) is 2.15. The summed E-state index contributed by atoms with van der Waals surface area (Å²) in [5.74, 6) is 0. The van der Waals surface area contributed by atoms with Crippen LogP contribution in [0.5, 0.6) is 0 Å². The molecule has 0 saturated heterocycles. The molecule has 0 fully saturated rings. The van der Waals surface area contributed by atoms with Gasteiger partial charge >= 0.3 is 0 Å². The van der Waals surface area contributed by atoms with E-state index >= 15 is 0 Å². The normalized spacial score (nSPS) is 13.5. The highest BCUT2D eigenvalue weighted by Crippen LogP contribution is 2.08. The van der Waals surface area contributed by atoms with Crippen molar-refractivity contribution >= 4 is 10.3 Å². The molecular formula is C6H14NO3S-. The number of rotatable bonds is 3. The van der Waals surface area contributed by atoms with Gasteiger partial charge in [-0.3, -0.25) is 0 Å². The summed E-state index contributed by atoms with van der Waals surface area (Å²) < 4.78 is 32.7. The molecular weight excluding hydrogens is 166 g/mol. The Morgan fingerprint density at radius 1 is 1.09 bits per heavy atom. The summed E-state index contributed by atoms with van der Waals surface area (Å²) in [5, 5.41) is 0. The Kier molecular flexibility index (Phi) is 3.47. The van der Waals surface area contributed by atoms with Gasteiger partial charge in [0.1, 0.15) is 0 Å². The van der Waals surface area contributed by atoms with E-state index in [1.54, 1.807) is 27.7 Å². The van der Waals surface area contributed by atoms with Gasteiger partial charge in [-0.15, -0.1) is 0 Å². The Labute approximate surface area is 68.1 Å². The van der Waals surface area contributed by atoms with Crippen LogP contribution in [0.2, 0.25) is 0 Å². The summed E-state index contributed by atoms with van der Waals surface area (Å²) in [6.07, 6.45) is 0. The first-order chi connectivity index (χ1) is 4.76. The summed E-state index contributed by atoms with van der Waals surface area (Å²) in [7, 11) is -4.28. The maximum Gasteiger partial charge on any atom is 0.162 e. The lowest BCUT2D eigenvalue weighted by Crippen LogP contribution is -2.41. The SMILES string of the molecule is CC(C)N(C(C)C)S(=O)(=O)[O-]. The van der Waals surface area contributed by atoms with Crippen molar-refractivity contribution in [2.45, 2.75) is 39.8 Å². The summed E-state index contributed by atoms with van der Waals surface area (Å²) in [6, 6.07) is -0.532. The van der Waals surface area contributed by atoms with Crippen molar-refractivity contribution in [3.63, 3.8) is 0 Å². The number of nitrogens with zero attached hydrogens (tertiary/aromatic N) is 1. The van der Waals surface area contributed by atoms with Gasteiger partial charge in [-0.05, 0) is 27.7 Å². The highest BCUT2D eigenvalue weighted by atomic mass is 32.2. The molecule has 0 saturated carbocycles. The molecule has 4 nitrogen and oxygen atoms in total. The molecule has 0 rings (SSSR count). The number of hydrogen-bond donors (Lipinski definition) is 0. The minimum atomic E-state index is -4.28. The smallest absolute Gasteiger partial charge is 0.162 e. The first-order valence-corrected chi connectivity index (χ1v) is 4.87. The monoisotopic (exact) mass is 180 g/mol. The topological polar surface area (TPSA) is 60.4 Å². The number of hydrogen-bond acceptors (Lipinski definition) is 3. The van der Waals surface area contributed by atoms with Gasteiger partial charge in [-0.1, -0.05) is 0 Å². The molecule has 0 spiro atoms. The van der Waals surface area contributed by atoms with Gasteiger partial charge in [0.05, 0.1) is 0 Å². The van der Waals surface area contributed by atoms with Crippen LogP contribution in [0.15, 0.2) is 0 Å². The van der Waals surface area contributed by atoms with E-state index < -0.39 is 10.3 Å². The van der Waals surface area contributed by atoms with Crippen LogP contribution in [0.1, 0.15) is 27.7 Å². The molecule has 0 atom stereocenters. The third-order valence-corrected chi connectivity index (χ3v) is 2.64. The lowest BCUT2D eigenvalue weighted by molar-refractivity contribution is 0.264. The molecule has 68 valence electrons. The van der Waals surface area contributed by atoms with Crippen molar-refractivity contribution in [3.8, 4) is 0 Å². The Morgan fingerprint density at radius 2 is 1.36 bits per heavy atom. The predicted octanol–water partition coefficient (Wildman–Crippen LogP) is 0.565. The molecule has 0 heterocycles. The van der Waals surface area contributed by atoms with Gasteiger partial charge in [0.25, 0.3) is 0 Å². The van der Waals surface area contributed by atoms with Crippen molar-refractivity contribution in [3.05, 3.63) is 0 Å². The average Bonchev–Trinajstić information content (AvgIpc) is 1.54. The lowest BCUT2D eigenvalue weighted by atomic mass is 10.3. The van der Waals surface area contributed by atoms with Crippen LogP contribution in [0.25, 0.3) is 0 Å². The molecule has 0 amide bonds. The minimum absolute atomic E-state index is 0.266. The zero-order valence-corrected chi connectivity index (χ0v) is 8.05. The van der Waals surface area contributed by atoms with Crippen LogP contribution in [-0.4, -0.2) is 29.4 Å². The molecule has 11 heavy (non-hydrogen) atoms. The summed E-state index contributed by atoms with van der Waals surface area (Å²) in [6.45, 7) is 6.70. The molecule has 0 aromatic heterocycles. The van der Waals surface area contributed by atoms with E-state index in [0.29, 0.717) is 0 Å². The molecule has 5 heteroatoms. The van der Waals surface area contributed by atoms with E-state index in [2.05, 4.69) is 0 Å². The standard InChI is InChI=1S/C6H15NO3S/c1-5(2)7(6(3)4)11(8,9)10/h5-6H,1-4H3,(H,8,9,10)/p-1. The van der Waals surface area contributed by atoms with E-state index in [9.17, 15) is 13.0 Å². The van der Waals surface area contributed by atoms with Crippen LogP contribution in [0.3, 0.4) is 0 Å². The Hall–Kier alpha value is -0.130. The molecule has 0 aliphatic heterocycles. The van der Waals surface area contributed by atoms with Crippen molar-refractivity contribution in [1.29, 1.82) is 0 Å². The molecule has 0 aliphatic rings. The fourth-order valence-electron chi connectivity index (χ4n) is 1.11. The fraction of sp³-hybridized carbons (Fsp3) is 1.00. The Balaban J connectivity index is 4.64. The molecule has 0 N–H and O–H groups in total. The van der Waals surface area contributed by atoms with Crippen molar-refractivity contribution in [2.75, 3.05) is 0 Å². The summed E-state index contributed by atoms with van der Waals surface area (Å²) >= 11 is 0. The maximum atomic E-state index is 10.6. The highest BCUT2D eigenvalue weighted by molar-refractivity contribution is 7.83. The molecule has 0 radical (unpaired) electrons. The van der Waals surface area contributed by atoms with E-state index in [-0.39, 0.29) is 12.1 Å². The zero-order chi connectivity index (χ0) is 9.23. The molecule has 0 unspecified atom stereocenters. The third kappa shape index (κ3) is 3.18. The van der Waals surface area contributed by atoms with E-state index in [1.165, 1.54) is 0 Å². The van der Waals surface area contributed by atoms with Crippen LogP contribution >= 0.6 is 0 Å². The minimum Gasteiger partial charge on any atom is -0.735 e.